The fraction of sp³-hybridized carbons (Fsp3) is 0.364. The number of hydrogen-bond donors (Lipinski definition) is 3. The predicted molar refractivity (Wildman–Crippen MR) is 122 cm³/mol. The summed E-state index contributed by atoms with van der Waals surface area (Å²) < 4.78 is 33.2. The first-order valence-electron chi connectivity index (χ1n) is 10.2. The van der Waals surface area contributed by atoms with Crippen LogP contribution in [0.4, 0.5) is 5.69 Å². The van der Waals surface area contributed by atoms with Crippen LogP contribution in [0.2, 0.25) is 5.02 Å². The van der Waals surface area contributed by atoms with Crippen molar-refractivity contribution in [2.24, 2.45) is 0 Å². The summed E-state index contributed by atoms with van der Waals surface area (Å²) >= 11 is 6.08. The Labute approximate surface area is 192 Å². The molecule has 0 aliphatic carbocycles. The summed E-state index contributed by atoms with van der Waals surface area (Å²) in [4.78, 5) is 24.5. The molecule has 32 heavy (non-hydrogen) atoms. The van der Waals surface area contributed by atoms with Crippen molar-refractivity contribution in [2.45, 2.75) is 37.7 Å². The van der Waals surface area contributed by atoms with Crippen molar-refractivity contribution in [3.63, 3.8) is 0 Å². The van der Waals surface area contributed by atoms with Gasteiger partial charge in [-0.1, -0.05) is 23.7 Å². The Bertz CT molecular complexity index is 1110. The van der Waals surface area contributed by atoms with E-state index in [2.05, 4.69) is 15.4 Å². The molecule has 3 rings (SSSR count). The maximum Gasteiger partial charge on any atom is 0.251 e. The smallest absolute Gasteiger partial charge is 0.251 e. The quantitative estimate of drug-likeness (QED) is 0.538. The van der Waals surface area contributed by atoms with Crippen LogP contribution in [0.25, 0.3) is 0 Å². The normalized spacial score (nSPS) is 16.0. The van der Waals surface area contributed by atoms with Crippen molar-refractivity contribution in [3.05, 3.63) is 58.1 Å². The molecule has 1 saturated heterocycles. The Hall–Kier alpha value is -2.46. The number of benzene rings is 2. The zero-order valence-corrected chi connectivity index (χ0v) is 19.5. The fourth-order valence-corrected chi connectivity index (χ4v) is 4.87. The monoisotopic (exact) mass is 479 g/mol. The molecule has 0 bridgehead atoms. The summed E-state index contributed by atoms with van der Waals surface area (Å²) in [6.45, 7) is 4.31. The van der Waals surface area contributed by atoms with Gasteiger partial charge in [0.05, 0.1) is 17.7 Å². The summed E-state index contributed by atoms with van der Waals surface area (Å²) in [5.74, 6) is -0.986. The number of anilines is 1. The largest absolute Gasteiger partial charge is 0.377 e. The van der Waals surface area contributed by atoms with Crippen LogP contribution in [0.3, 0.4) is 0 Å². The first kappa shape index (κ1) is 24.2. The van der Waals surface area contributed by atoms with Crippen molar-refractivity contribution in [1.82, 2.24) is 10.0 Å². The molecule has 0 saturated carbocycles. The second-order valence-corrected chi connectivity index (χ2v) is 9.75. The summed E-state index contributed by atoms with van der Waals surface area (Å²) in [7, 11) is -3.94. The molecular formula is C22H26ClN3O5S. The van der Waals surface area contributed by atoms with Crippen LogP contribution in [-0.2, 0) is 19.6 Å². The van der Waals surface area contributed by atoms with Gasteiger partial charge >= 0.3 is 0 Å². The second kappa shape index (κ2) is 10.4. The van der Waals surface area contributed by atoms with Crippen molar-refractivity contribution < 1.29 is 22.7 Å². The highest BCUT2D eigenvalue weighted by atomic mass is 35.5. The molecule has 1 heterocycles. The minimum Gasteiger partial charge on any atom is -0.377 e. The second-order valence-electron chi connectivity index (χ2n) is 7.61. The average molecular weight is 480 g/mol. The molecule has 0 aromatic heterocycles. The number of nitrogens with one attached hydrogen (secondary N) is 3. The van der Waals surface area contributed by atoms with Crippen molar-refractivity contribution >= 4 is 39.1 Å². The minimum atomic E-state index is -3.94. The van der Waals surface area contributed by atoms with Crippen LogP contribution in [-0.4, -0.2) is 46.0 Å². The van der Waals surface area contributed by atoms with E-state index in [1.165, 1.54) is 18.2 Å². The zero-order valence-electron chi connectivity index (χ0n) is 17.9. The predicted octanol–water partition coefficient (Wildman–Crippen LogP) is 2.78. The number of sulfonamides is 1. The summed E-state index contributed by atoms with van der Waals surface area (Å²) in [6.07, 6.45) is 1.49. The van der Waals surface area contributed by atoms with Crippen LogP contribution in [0.5, 0.6) is 0 Å². The SMILES string of the molecule is Cc1cccc(NC(=O)CNC(=O)c2ccc(Cl)c(S(=O)(=O)NC[C@H]3CCCO3)c2)c1C. The van der Waals surface area contributed by atoms with Crippen LogP contribution < -0.4 is 15.4 Å². The maximum absolute atomic E-state index is 12.7. The Morgan fingerprint density at radius 1 is 1.19 bits per heavy atom. The summed E-state index contributed by atoms with van der Waals surface area (Å²) in [5, 5.41) is 5.25. The lowest BCUT2D eigenvalue weighted by Gasteiger charge is -2.13. The van der Waals surface area contributed by atoms with Gasteiger partial charge < -0.3 is 15.4 Å². The van der Waals surface area contributed by atoms with Crippen molar-refractivity contribution in [3.8, 4) is 0 Å². The molecular weight excluding hydrogens is 454 g/mol. The van der Waals surface area contributed by atoms with E-state index in [4.69, 9.17) is 16.3 Å². The molecule has 1 atom stereocenters. The van der Waals surface area contributed by atoms with Gasteiger partial charge in [0.2, 0.25) is 15.9 Å². The molecule has 1 aliphatic rings. The van der Waals surface area contributed by atoms with Crippen molar-refractivity contribution in [1.29, 1.82) is 0 Å². The molecule has 172 valence electrons. The number of carbonyl (C=O) groups is 2. The number of carbonyl (C=O) groups excluding carboxylic acids is 2. The molecule has 0 unspecified atom stereocenters. The lowest BCUT2D eigenvalue weighted by molar-refractivity contribution is -0.115. The minimum absolute atomic E-state index is 0.00550. The number of aryl methyl sites for hydroxylation is 1. The van der Waals surface area contributed by atoms with Gasteiger partial charge in [-0.3, -0.25) is 9.59 Å². The van der Waals surface area contributed by atoms with Crippen LogP contribution >= 0.6 is 11.6 Å². The Morgan fingerprint density at radius 3 is 2.69 bits per heavy atom. The molecule has 2 amide bonds. The number of ether oxygens (including phenoxy) is 1. The van der Waals surface area contributed by atoms with Crippen LogP contribution in [0, 0.1) is 13.8 Å². The molecule has 2 aromatic rings. The van der Waals surface area contributed by atoms with E-state index in [0.29, 0.717) is 12.3 Å². The third-order valence-electron chi connectivity index (χ3n) is 5.30. The van der Waals surface area contributed by atoms with Gasteiger partial charge in [-0.15, -0.1) is 0 Å². The van der Waals surface area contributed by atoms with E-state index in [1.807, 2.05) is 26.0 Å². The van der Waals surface area contributed by atoms with Gasteiger partial charge in [0, 0.05) is 24.4 Å². The molecule has 3 N–H and O–H groups in total. The number of halogens is 1. The van der Waals surface area contributed by atoms with Gasteiger partial charge in [0.15, 0.2) is 0 Å². The molecule has 10 heteroatoms. The number of rotatable bonds is 8. The highest BCUT2D eigenvalue weighted by molar-refractivity contribution is 7.89. The Morgan fingerprint density at radius 2 is 1.97 bits per heavy atom. The van der Waals surface area contributed by atoms with E-state index in [0.717, 1.165) is 24.0 Å². The Balaban J connectivity index is 1.62. The molecule has 1 fully saturated rings. The first-order valence-corrected chi connectivity index (χ1v) is 12.1. The van der Waals surface area contributed by atoms with Gasteiger partial charge in [0.1, 0.15) is 4.90 Å². The van der Waals surface area contributed by atoms with Crippen molar-refractivity contribution in [2.75, 3.05) is 25.0 Å². The van der Waals surface area contributed by atoms with Crippen LogP contribution in [0.1, 0.15) is 34.3 Å². The van der Waals surface area contributed by atoms with E-state index >= 15 is 0 Å². The zero-order chi connectivity index (χ0) is 23.3. The fourth-order valence-electron chi connectivity index (χ4n) is 3.28. The average Bonchev–Trinajstić information content (AvgIpc) is 3.28. The highest BCUT2D eigenvalue weighted by Crippen LogP contribution is 2.23. The third-order valence-corrected chi connectivity index (χ3v) is 7.20. The highest BCUT2D eigenvalue weighted by Gasteiger charge is 2.23. The molecule has 0 spiro atoms. The molecule has 2 aromatic carbocycles. The maximum atomic E-state index is 12.7. The molecule has 1 aliphatic heterocycles. The topological polar surface area (TPSA) is 114 Å². The van der Waals surface area contributed by atoms with Gasteiger partial charge in [-0.25, -0.2) is 13.1 Å². The summed E-state index contributed by atoms with van der Waals surface area (Å²) in [5.41, 5.74) is 2.72. The number of amides is 2. The van der Waals surface area contributed by atoms with Gasteiger partial charge in [-0.2, -0.15) is 0 Å². The molecule has 8 nitrogen and oxygen atoms in total. The Kier molecular flexibility index (Phi) is 7.89. The van der Waals surface area contributed by atoms with E-state index < -0.39 is 21.8 Å². The first-order chi connectivity index (χ1) is 15.2. The van der Waals surface area contributed by atoms with Gasteiger partial charge in [-0.05, 0) is 62.1 Å². The third kappa shape index (κ3) is 6.07. The van der Waals surface area contributed by atoms with E-state index in [1.54, 1.807) is 6.07 Å². The van der Waals surface area contributed by atoms with Gasteiger partial charge in [0.25, 0.3) is 5.91 Å². The number of hydrogen-bond acceptors (Lipinski definition) is 5. The standard InChI is InChI=1S/C22H26ClN3O5S/c1-14-5-3-7-19(15(14)2)26-21(27)13-24-22(28)16-8-9-18(23)20(11-16)32(29,30)25-12-17-6-4-10-31-17/h3,5,7-9,11,17,25H,4,6,10,12-13H2,1-2H3,(H,24,28)(H,26,27)/t17-/m1/s1. The lowest BCUT2D eigenvalue weighted by atomic mass is 10.1. The summed E-state index contributed by atoms with van der Waals surface area (Å²) in [6, 6.07) is 9.49. The van der Waals surface area contributed by atoms with Crippen LogP contribution in [0.15, 0.2) is 41.3 Å². The van der Waals surface area contributed by atoms with E-state index in [9.17, 15) is 18.0 Å². The lowest BCUT2D eigenvalue weighted by Crippen LogP contribution is -2.34. The molecule has 0 radical (unpaired) electrons. The van der Waals surface area contributed by atoms with E-state index in [-0.39, 0.29) is 34.7 Å².